The number of nitrogens with one attached hydrogen (secondary N) is 3. The number of H-pyrrole nitrogens is 1. The first-order chi connectivity index (χ1) is 13.4. The van der Waals surface area contributed by atoms with Gasteiger partial charge in [0.25, 0.3) is 6.33 Å². The number of rotatable bonds is 6. The summed E-state index contributed by atoms with van der Waals surface area (Å²) in [5.41, 5.74) is 1.89. The topological polar surface area (TPSA) is 121 Å². The molecule has 3 rings (SSSR count). The first kappa shape index (κ1) is 20.0. The number of nitrogens with zero attached hydrogens (tertiary/aromatic N) is 4. The van der Waals surface area contributed by atoms with Crippen molar-refractivity contribution in [1.82, 2.24) is 15.0 Å². The highest BCUT2D eigenvalue weighted by Gasteiger charge is 2.29. The molecule has 28 heavy (non-hydrogen) atoms. The SMILES string of the molecule is CC(C)c1nc[nH+]cc1CNc1ncc(C#N)c(NC2CCC(C)(O)CC2)n1. The Morgan fingerprint density at radius 3 is 2.79 bits per heavy atom. The van der Waals surface area contributed by atoms with Gasteiger partial charge in [-0.1, -0.05) is 18.8 Å². The van der Waals surface area contributed by atoms with Gasteiger partial charge >= 0.3 is 0 Å². The Morgan fingerprint density at radius 1 is 1.36 bits per heavy atom. The lowest BCUT2D eigenvalue weighted by atomic mass is 9.83. The second-order valence-electron chi connectivity index (χ2n) is 7.97. The maximum Gasteiger partial charge on any atom is 0.284 e. The number of anilines is 2. The van der Waals surface area contributed by atoms with Crippen LogP contribution in [0.4, 0.5) is 11.8 Å². The minimum atomic E-state index is -0.594. The first-order valence-corrected chi connectivity index (χ1v) is 9.73. The highest BCUT2D eigenvalue weighted by atomic mass is 16.3. The van der Waals surface area contributed by atoms with E-state index in [4.69, 9.17) is 0 Å². The Bertz CT molecular complexity index is 850. The van der Waals surface area contributed by atoms with Gasteiger partial charge in [-0.25, -0.2) is 4.98 Å². The summed E-state index contributed by atoms with van der Waals surface area (Å²) in [6.07, 6.45) is 8.29. The molecule has 0 amide bonds. The van der Waals surface area contributed by atoms with Gasteiger partial charge in [0.05, 0.1) is 30.1 Å². The third-order valence-electron chi connectivity index (χ3n) is 5.16. The van der Waals surface area contributed by atoms with E-state index < -0.39 is 5.60 Å². The van der Waals surface area contributed by atoms with Crippen molar-refractivity contribution in [3.05, 3.63) is 35.5 Å². The van der Waals surface area contributed by atoms with E-state index in [0.29, 0.717) is 29.8 Å². The van der Waals surface area contributed by atoms with Gasteiger partial charge in [-0.15, -0.1) is 0 Å². The van der Waals surface area contributed by atoms with Gasteiger partial charge in [0, 0.05) is 12.0 Å². The van der Waals surface area contributed by atoms with Crippen molar-refractivity contribution in [1.29, 1.82) is 5.26 Å². The number of hydrogen-bond donors (Lipinski definition) is 3. The standard InChI is InChI=1S/C20H27N7O/c1-13(2)17-15(9-22-12-25-17)11-24-19-23-10-14(8-21)18(27-19)26-16-4-6-20(3,28)7-5-16/h9-10,12-13,16,28H,4-7,11H2,1-3H3,(H2,23,24,26,27)/p+1. The Kier molecular flexibility index (Phi) is 6.05. The molecule has 0 bridgehead atoms. The zero-order valence-corrected chi connectivity index (χ0v) is 16.7. The van der Waals surface area contributed by atoms with Gasteiger partial charge in [-0.2, -0.15) is 10.2 Å². The summed E-state index contributed by atoms with van der Waals surface area (Å²) in [6.45, 7) is 6.62. The molecular formula is C20H28N7O+. The molecule has 2 aromatic rings. The lowest BCUT2D eigenvalue weighted by Crippen LogP contribution is -2.36. The van der Waals surface area contributed by atoms with E-state index in [9.17, 15) is 10.4 Å². The molecule has 0 unspecified atom stereocenters. The minimum Gasteiger partial charge on any atom is -0.390 e. The van der Waals surface area contributed by atoms with Crippen molar-refractivity contribution in [2.75, 3.05) is 10.6 Å². The van der Waals surface area contributed by atoms with Crippen LogP contribution in [-0.2, 0) is 6.54 Å². The average Bonchev–Trinajstić information content (AvgIpc) is 2.68. The van der Waals surface area contributed by atoms with Crippen LogP contribution in [0.25, 0.3) is 0 Å². The molecule has 1 aliphatic carbocycles. The summed E-state index contributed by atoms with van der Waals surface area (Å²) in [5.74, 6) is 1.31. The van der Waals surface area contributed by atoms with E-state index in [0.717, 1.165) is 36.9 Å². The van der Waals surface area contributed by atoms with Crippen molar-refractivity contribution in [3.63, 3.8) is 0 Å². The van der Waals surface area contributed by atoms with Gasteiger partial charge in [0.15, 0.2) is 5.69 Å². The highest BCUT2D eigenvalue weighted by molar-refractivity contribution is 5.54. The van der Waals surface area contributed by atoms with Gasteiger partial charge in [-0.3, -0.25) is 4.98 Å². The second kappa shape index (κ2) is 8.48. The van der Waals surface area contributed by atoms with Gasteiger partial charge in [-0.05, 0) is 32.6 Å². The molecule has 8 heteroatoms. The molecule has 0 spiro atoms. The Labute approximate surface area is 165 Å². The number of aliphatic hydroxyl groups is 1. The van der Waals surface area contributed by atoms with Crippen LogP contribution in [0.5, 0.6) is 0 Å². The molecule has 4 N–H and O–H groups in total. The van der Waals surface area contributed by atoms with Gasteiger partial charge in [0.2, 0.25) is 5.95 Å². The predicted octanol–water partition coefficient (Wildman–Crippen LogP) is 2.40. The molecule has 0 saturated heterocycles. The van der Waals surface area contributed by atoms with E-state index in [1.54, 1.807) is 6.33 Å². The molecule has 8 nitrogen and oxygen atoms in total. The molecule has 0 radical (unpaired) electrons. The smallest absolute Gasteiger partial charge is 0.284 e. The van der Waals surface area contributed by atoms with Crippen molar-refractivity contribution in [2.45, 2.75) is 70.6 Å². The first-order valence-electron chi connectivity index (χ1n) is 9.73. The summed E-state index contributed by atoms with van der Waals surface area (Å²) in [7, 11) is 0. The second-order valence-corrected chi connectivity index (χ2v) is 7.97. The van der Waals surface area contributed by atoms with E-state index in [-0.39, 0.29) is 6.04 Å². The lowest BCUT2D eigenvalue weighted by molar-refractivity contribution is -0.383. The van der Waals surface area contributed by atoms with Crippen LogP contribution in [-0.4, -0.2) is 31.7 Å². The van der Waals surface area contributed by atoms with Gasteiger partial charge < -0.3 is 15.7 Å². The molecule has 2 aromatic heterocycles. The molecule has 0 aromatic carbocycles. The van der Waals surface area contributed by atoms with Crippen LogP contribution in [0.2, 0.25) is 0 Å². The largest absolute Gasteiger partial charge is 0.390 e. The minimum absolute atomic E-state index is 0.190. The molecule has 1 fully saturated rings. The van der Waals surface area contributed by atoms with Crippen LogP contribution in [0.3, 0.4) is 0 Å². The van der Waals surface area contributed by atoms with Crippen molar-refractivity contribution in [3.8, 4) is 6.07 Å². The van der Waals surface area contributed by atoms with Crippen LogP contribution >= 0.6 is 0 Å². The van der Waals surface area contributed by atoms with E-state index in [1.807, 2.05) is 13.1 Å². The van der Waals surface area contributed by atoms with E-state index in [1.165, 1.54) is 6.20 Å². The van der Waals surface area contributed by atoms with Crippen LogP contribution in [0.1, 0.15) is 69.2 Å². The predicted molar refractivity (Wildman–Crippen MR) is 105 cm³/mol. The van der Waals surface area contributed by atoms with Crippen molar-refractivity contribution < 1.29 is 10.1 Å². The fraction of sp³-hybridized carbons (Fsp3) is 0.550. The summed E-state index contributed by atoms with van der Waals surface area (Å²) in [5, 5.41) is 26.1. The summed E-state index contributed by atoms with van der Waals surface area (Å²) in [6, 6.07) is 2.34. The molecule has 0 aliphatic heterocycles. The molecule has 1 saturated carbocycles. The van der Waals surface area contributed by atoms with Crippen molar-refractivity contribution >= 4 is 11.8 Å². The Morgan fingerprint density at radius 2 is 2.11 bits per heavy atom. The van der Waals surface area contributed by atoms with Gasteiger partial charge in [0.1, 0.15) is 17.5 Å². The molecule has 1 aliphatic rings. The van der Waals surface area contributed by atoms with E-state index in [2.05, 4.69) is 50.5 Å². The van der Waals surface area contributed by atoms with Crippen LogP contribution in [0, 0.1) is 11.3 Å². The molecule has 2 heterocycles. The average molecular weight is 382 g/mol. The molecular weight excluding hydrogens is 354 g/mol. The lowest BCUT2D eigenvalue weighted by Gasteiger charge is -2.33. The summed E-state index contributed by atoms with van der Waals surface area (Å²) < 4.78 is 0. The maximum atomic E-state index is 10.1. The summed E-state index contributed by atoms with van der Waals surface area (Å²) >= 11 is 0. The fourth-order valence-corrected chi connectivity index (χ4v) is 3.47. The summed E-state index contributed by atoms with van der Waals surface area (Å²) in [4.78, 5) is 16.2. The molecule has 148 valence electrons. The fourth-order valence-electron chi connectivity index (χ4n) is 3.47. The van der Waals surface area contributed by atoms with E-state index >= 15 is 0 Å². The molecule has 0 atom stereocenters. The monoisotopic (exact) mass is 382 g/mol. The number of aromatic amines is 1. The normalized spacial score (nSPS) is 21.9. The number of aromatic nitrogens is 4. The Balaban J connectivity index is 1.70. The highest BCUT2D eigenvalue weighted by Crippen LogP contribution is 2.30. The number of hydrogen-bond acceptors (Lipinski definition) is 7. The number of nitriles is 1. The zero-order chi connectivity index (χ0) is 20.1. The Hall–Kier alpha value is -2.79. The zero-order valence-electron chi connectivity index (χ0n) is 16.7. The third-order valence-corrected chi connectivity index (χ3v) is 5.16. The van der Waals surface area contributed by atoms with Crippen LogP contribution < -0.4 is 15.6 Å². The van der Waals surface area contributed by atoms with Crippen LogP contribution in [0.15, 0.2) is 18.7 Å². The third kappa shape index (κ3) is 4.93. The quantitative estimate of drug-likeness (QED) is 0.701. The van der Waals surface area contributed by atoms with Crippen molar-refractivity contribution in [2.24, 2.45) is 0 Å². The maximum absolute atomic E-state index is 10.1.